The maximum Gasteiger partial charge on any atom is 0.255 e. The molecule has 1 fully saturated rings. The summed E-state index contributed by atoms with van der Waals surface area (Å²) in [6.07, 6.45) is 5.09. The van der Waals surface area contributed by atoms with Gasteiger partial charge in [-0.2, -0.15) is 0 Å². The molecule has 1 aromatic heterocycles. The molecule has 0 bridgehead atoms. The maximum absolute atomic E-state index is 12.6. The second kappa shape index (κ2) is 9.23. The first-order valence-corrected chi connectivity index (χ1v) is 7.77. The van der Waals surface area contributed by atoms with E-state index in [0.29, 0.717) is 23.7 Å². The quantitative estimate of drug-likeness (QED) is 0.851. The summed E-state index contributed by atoms with van der Waals surface area (Å²) in [6, 6.07) is 9.60. The molecule has 1 saturated heterocycles. The van der Waals surface area contributed by atoms with E-state index in [-0.39, 0.29) is 36.8 Å². The minimum absolute atomic E-state index is 0. The molecule has 0 unspecified atom stereocenters. The van der Waals surface area contributed by atoms with Gasteiger partial charge in [0.05, 0.1) is 5.56 Å². The van der Waals surface area contributed by atoms with Crippen molar-refractivity contribution in [2.24, 2.45) is 5.73 Å². The average Bonchev–Trinajstić information content (AvgIpc) is 2.56. The van der Waals surface area contributed by atoms with Gasteiger partial charge in [0.15, 0.2) is 0 Å². The van der Waals surface area contributed by atoms with Crippen LogP contribution in [-0.2, 0) is 0 Å². The number of nitrogens with zero attached hydrogens (tertiary/aromatic N) is 2. The summed E-state index contributed by atoms with van der Waals surface area (Å²) in [7, 11) is 0. The normalized spacial score (nSPS) is 14.5. The van der Waals surface area contributed by atoms with Crippen molar-refractivity contribution >= 4 is 42.3 Å². The molecule has 1 aromatic carbocycles. The molecule has 4 nitrogen and oxygen atoms in total. The van der Waals surface area contributed by atoms with Crippen LogP contribution in [0.5, 0.6) is 0 Å². The van der Waals surface area contributed by atoms with Crippen molar-refractivity contribution in [2.45, 2.75) is 18.9 Å². The van der Waals surface area contributed by atoms with E-state index in [9.17, 15) is 4.79 Å². The fourth-order valence-electron chi connectivity index (χ4n) is 2.64. The van der Waals surface area contributed by atoms with E-state index < -0.39 is 0 Å². The van der Waals surface area contributed by atoms with Gasteiger partial charge in [-0.15, -0.1) is 24.8 Å². The number of carbonyl (C=O) groups is 1. The van der Waals surface area contributed by atoms with Crippen molar-refractivity contribution in [1.29, 1.82) is 0 Å². The largest absolute Gasteiger partial charge is 0.338 e. The fourth-order valence-corrected chi connectivity index (χ4v) is 2.77. The van der Waals surface area contributed by atoms with Gasteiger partial charge in [0.2, 0.25) is 0 Å². The molecule has 0 aliphatic carbocycles. The van der Waals surface area contributed by atoms with E-state index in [4.69, 9.17) is 17.3 Å². The van der Waals surface area contributed by atoms with E-state index in [1.165, 1.54) is 0 Å². The summed E-state index contributed by atoms with van der Waals surface area (Å²) in [6.45, 7) is 1.43. The number of nitrogens with two attached hydrogens (primary N) is 1. The molecule has 24 heavy (non-hydrogen) atoms. The van der Waals surface area contributed by atoms with E-state index in [0.717, 1.165) is 24.0 Å². The molecule has 3 rings (SSSR count). The minimum atomic E-state index is 0. The third-order valence-electron chi connectivity index (χ3n) is 3.99. The zero-order chi connectivity index (χ0) is 15.5. The summed E-state index contributed by atoms with van der Waals surface area (Å²) >= 11 is 5.91. The van der Waals surface area contributed by atoms with Gasteiger partial charge >= 0.3 is 0 Å². The molecule has 0 atom stereocenters. The molecular formula is C17H20Cl3N3O. The van der Waals surface area contributed by atoms with Crippen LogP contribution in [0.25, 0.3) is 11.1 Å². The van der Waals surface area contributed by atoms with Crippen molar-refractivity contribution in [2.75, 3.05) is 13.1 Å². The molecule has 1 aliphatic rings. The third kappa shape index (κ3) is 4.84. The smallest absolute Gasteiger partial charge is 0.255 e. The predicted molar refractivity (Wildman–Crippen MR) is 102 cm³/mol. The predicted octanol–water partition coefficient (Wildman–Crippen LogP) is 3.81. The Morgan fingerprint density at radius 1 is 1.08 bits per heavy atom. The molecule has 2 aromatic rings. The van der Waals surface area contributed by atoms with E-state index >= 15 is 0 Å². The topological polar surface area (TPSA) is 59.2 Å². The van der Waals surface area contributed by atoms with Crippen LogP contribution in [0.4, 0.5) is 0 Å². The lowest BCUT2D eigenvalue weighted by molar-refractivity contribution is 0.0714. The van der Waals surface area contributed by atoms with Crippen LogP contribution >= 0.6 is 36.4 Å². The molecule has 0 spiro atoms. The number of likely N-dealkylation sites (tertiary alicyclic amines) is 1. The van der Waals surface area contributed by atoms with Gasteiger partial charge < -0.3 is 10.6 Å². The van der Waals surface area contributed by atoms with Crippen LogP contribution in [-0.4, -0.2) is 34.9 Å². The van der Waals surface area contributed by atoms with Gasteiger partial charge in [0.25, 0.3) is 5.91 Å². The van der Waals surface area contributed by atoms with Crippen LogP contribution in [0.3, 0.4) is 0 Å². The summed E-state index contributed by atoms with van der Waals surface area (Å²) in [5.41, 5.74) is 8.41. The van der Waals surface area contributed by atoms with Crippen molar-refractivity contribution in [3.63, 3.8) is 0 Å². The lowest BCUT2D eigenvalue weighted by Crippen LogP contribution is -2.42. The highest BCUT2D eigenvalue weighted by Gasteiger charge is 2.22. The summed E-state index contributed by atoms with van der Waals surface area (Å²) < 4.78 is 0. The molecule has 1 aliphatic heterocycles. The lowest BCUT2D eigenvalue weighted by Gasteiger charge is -2.30. The molecule has 130 valence electrons. The molecule has 7 heteroatoms. The Balaban J connectivity index is 0.00000144. The van der Waals surface area contributed by atoms with E-state index in [1.54, 1.807) is 12.4 Å². The Morgan fingerprint density at radius 3 is 2.33 bits per heavy atom. The van der Waals surface area contributed by atoms with E-state index in [2.05, 4.69) is 4.98 Å². The van der Waals surface area contributed by atoms with E-state index in [1.807, 2.05) is 35.2 Å². The van der Waals surface area contributed by atoms with Crippen molar-refractivity contribution < 1.29 is 4.79 Å². The van der Waals surface area contributed by atoms with Crippen LogP contribution < -0.4 is 5.73 Å². The average molecular weight is 389 g/mol. The molecule has 1 amide bonds. The van der Waals surface area contributed by atoms with Gasteiger partial charge in [0, 0.05) is 42.1 Å². The van der Waals surface area contributed by atoms with Gasteiger partial charge in [0.1, 0.15) is 0 Å². The number of halogens is 3. The molecule has 2 heterocycles. The number of hydrogen-bond acceptors (Lipinski definition) is 3. The first-order valence-electron chi connectivity index (χ1n) is 7.39. The number of hydrogen-bond donors (Lipinski definition) is 1. The second-order valence-electron chi connectivity index (χ2n) is 5.60. The Kier molecular flexibility index (Phi) is 7.97. The summed E-state index contributed by atoms with van der Waals surface area (Å²) in [5, 5.41) is 0.689. The molecule has 2 N–H and O–H groups in total. The number of benzene rings is 1. The number of pyridine rings is 1. The zero-order valence-electron chi connectivity index (χ0n) is 13.0. The number of carbonyl (C=O) groups excluding carboxylic acids is 1. The van der Waals surface area contributed by atoms with Crippen LogP contribution in [0.2, 0.25) is 5.02 Å². The Morgan fingerprint density at radius 2 is 1.71 bits per heavy atom. The first-order chi connectivity index (χ1) is 10.6. The highest BCUT2D eigenvalue weighted by molar-refractivity contribution is 6.30. The van der Waals surface area contributed by atoms with Gasteiger partial charge in [-0.1, -0.05) is 23.7 Å². The monoisotopic (exact) mass is 387 g/mol. The van der Waals surface area contributed by atoms with Gasteiger partial charge in [-0.05, 0) is 36.6 Å². The van der Waals surface area contributed by atoms with Gasteiger partial charge in [-0.3, -0.25) is 9.78 Å². The number of piperidine rings is 1. The number of amides is 1. The molecular weight excluding hydrogens is 369 g/mol. The maximum atomic E-state index is 12.6. The number of rotatable bonds is 2. The first kappa shape index (κ1) is 20.7. The van der Waals surface area contributed by atoms with Crippen LogP contribution in [0.15, 0.2) is 42.7 Å². The fraction of sp³-hybridized carbons (Fsp3) is 0.294. The Hall–Kier alpha value is -1.33. The Bertz CT molecular complexity index is 671. The van der Waals surface area contributed by atoms with Crippen molar-refractivity contribution in [3.05, 3.63) is 53.3 Å². The highest BCUT2D eigenvalue weighted by atomic mass is 35.5. The summed E-state index contributed by atoms with van der Waals surface area (Å²) in [4.78, 5) is 18.6. The number of aromatic nitrogens is 1. The Labute approximate surface area is 159 Å². The SMILES string of the molecule is Cl.Cl.NC1CCN(C(=O)c2cncc(-c3ccc(Cl)cc3)c2)CC1. The minimum Gasteiger partial charge on any atom is -0.338 e. The standard InChI is InChI=1S/C17H18ClN3O.2ClH/c18-15-3-1-12(2-4-15)13-9-14(11-20-10-13)17(22)21-7-5-16(19)6-8-21;;/h1-4,9-11,16H,5-8,19H2;2*1H. The third-order valence-corrected chi connectivity index (χ3v) is 4.24. The van der Waals surface area contributed by atoms with Crippen LogP contribution in [0, 0.1) is 0 Å². The summed E-state index contributed by atoms with van der Waals surface area (Å²) in [5.74, 6) is 0.0233. The molecule has 0 radical (unpaired) electrons. The lowest BCUT2D eigenvalue weighted by atomic mass is 10.0. The van der Waals surface area contributed by atoms with Crippen LogP contribution in [0.1, 0.15) is 23.2 Å². The van der Waals surface area contributed by atoms with Crippen molar-refractivity contribution in [1.82, 2.24) is 9.88 Å². The highest BCUT2D eigenvalue weighted by Crippen LogP contribution is 2.22. The van der Waals surface area contributed by atoms with Crippen molar-refractivity contribution in [3.8, 4) is 11.1 Å². The zero-order valence-corrected chi connectivity index (χ0v) is 15.4. The van der Waals surface area contributed by atoms with Gasteiger partial charge in [-0.25, -0.2) is 0 Å². The second-order valence-corrected chi connectivity index (χ2v) is 6.04. The molecule has 0 saturated carbocycles.